The first kappa shape index (κ1) is 19.6. The standard InChI is InChI=1S/C20H20N6O.ClH/c1-20(2,3)14-6-4-13(5-7-14)19(27)24-17-11-26-18(23-17)9-8-15(25-26)16-10-21-12-22-16;/h4-12H,1-3H3,(H,21,22)(H,24,27);1H. The minimum absolute atomic E-state index is 0. The fraction of sp³-hybridized carbons (Fsp3) is 0.200. The van der Waals surface area contributed by atoms with Gasteiger partial charge in [0.15, 0.2) is 11.5 Å². The first-order valence-corrected chi connectivity index (χ1v) is 8.67. The number of aromatic amines is 1. The van der Waals surface area contributed by atoms with E-state index in [4.69, 9.17) is 0 Å². The van der Waals surface area contributed by atoms with E-state index in [0.29, 0.717) is 17.0 Å². The van der Waals surface area contributed by atoms with E-state index < -0.39 is 0 Å². The van der Waals surface area contributed by atoms with Gasteiger partial charge in [-0.2, -0.15) is 5.10 Å². The first-order valence-electron chi connectivity index (χ1n) is 8.67. The highest BCUT2D eigenvalue weighted by Gasteiger charge is 2.15. The van der Waals surface area contributed by atoms with Crippen molar-refractivity contribution in [3.63, 3.8) is 0 Å². The Kier molecular flexibility index (Phi) is 5.20. The number of aromatic nitrogens is 5. The molecule has 3 aromatic heterocycles. The van der Waals surface area contributed by atoms with Crippen molar-refractivity contribution in [2.24, 2.45) is 0 Å². The number of halogens is 1. The zero-order chi connectivity index (χ0) is 19.0. The molecule has 0 aliphatic heterocycles. The molecule has 0 unspecified atom stereocenters. The van der Waals surface area contributed by atoms with Crippen LogP contribution < -0.4 is 5.32 Å². The highest BCUT2D eigenvalue weighted by molar-refractivity contribution is 6.03. The quantitative estimate of drug-likeness (QED) is 0.546. The van der Waals surface area contributed by atoms with Crippen LogP contribution in [0.15, 0.2) is 55.1 Å². The Morgan fingerprint density at radius 1 is 1.11 bits per heavy atom. The number of imidazole rings is 2. The van der Waals surface area contributed by atoms with Crippen LogP contribution in [0.5, 0.6) is 0 Å². The van der Waals surface area contributed by atoms with Crippen LogP contribution in [0, 0.1) is 0 Å². The van der Waals surface area contributed by atoms with Gasteiger partial charge in [0.25, 0.3) is 5.91 Å². The fourth-order valence-electron chi connectivity index (χ4n) is 2.79. The molecule has 8 heteroatoms. The van der Waals surface area contributed by atoms with Gasteiger partial charge in [-0.05, 0) is 35.2 Å². The second-order valence-electron chi connectivity index (χ2n) is 7.39. The number of anilines is 1. The molecule has 1 amide bonds. The molecular formula is C20H21ClN6O. The minimum Gasteiger partial charge on any atom is -0.343 e. The Labute approximate surface area is 168 Å². The molecule has 0 bridgehead atoms. The lowest BCUT2D eigenvalue weighted by Gasteiger charge is -2.18. The molecule has 28 heavy (non-hydrogen) atoms. The summed E-state index contributed by atoms with van der Waals surface area (Å²) in [4.78, 5) is 23.9. The number of rotatable bonds is 3. The number of nitrogens with zero attached hydrogens (tertiary/aromatic N) is 4. The molecule has 0 fully saturated rings. The van der Waals surface area contributed by atoms with Crippen LogP contribution in [-0.2, 0) is 5.41 Å². The molecule has 1 aromatic carbocycles. The van der Waals surface area contributed by atoms with E-state index in [1.165, 1.54) is 5.56 Å². The summed E-state index contributed by atoms with van der Waals surface area (Å²) < 4.78 is 1.63. The third-order valence-corrected chi connectivity index (χ3v) is 4.35. The lowest BCUT2D eigenvalue weighted by Crippen LogP contribution is -2.14. The van der Waals surface area contributed by atoms with E-state index in [2.05, 4.69) is 46.1 Å². The smallest absolute Gasteiger partial charge is 0.256 e. The van der Waals surface area contributed by atoms with Crippen LogP contribution in [0.25, 0.3) is 17.0 Å². The van der Waals surface area contributed by atoms with Gasteiger partial charge in [-0.15, -0.1) is 12.4 Å². The molecule has 0 spiro atoms. The van der Waals surface area contributed by atoms with Crippen LogP contribution in [0.4, 0.5) is 5.82 Å². The average molecular weight is 397 g/mol. The number of carbonyl (C=O) groups excluding carboxylic acids is 1. The van der Waals surface area contributed by atoms with Crippen molar-refractivity contribution in [2.75, 3.05) is 5.32 Å². The van der Waals surface area contributed by atoms with E-state index in [1.807, 2.05) is 36.4 Å². The number of benzene rings is 1. The lowest BCUT2D eigenvalue weighted by molar-refractivity contribution is 0.102. The van der Waals surface area contributed by atoms with Gasteiger partial charge in [0.2, 0.25) is 0 Å². The van der Waals surface area contributed by atoms with Gasteiger partial charge in [-0.25, -0.2) is 14.5 Å². The number of nitrogens with one attached hydrogen (secondary N) is 2. The number of hydrogen-bond donors (Lipinski definition) is 2. The van der Waals surface area contributed by atoms with Gasteiger partial charge >= 0.3 is 0 Å². The lowest BCUT2D eigenvalue weighted by atomic mass is 9.87. The van der Waals surface area contributed by atoms with E-state index in [9.17, 15) is 4.79 Å². The maximum absolute atomic E-state index is 12.5. The fourth-order valence-corrected chi connectivity index (χ4v) is 2.79. The minimum atomic E-state index is -0.201. The molecule has 3 heterocycles. The van der Waals surface area contributed by atoms with Crippen LogP contribution in [0.3, 0.4) is 0 Å². The Morgan fingerprint density at radius 2 is 1.86 bits per heavy atom. The molecule has 0 aliphatic rings. The maximum Gasteiger partial charge on any atom is 0.256 e. The van der Waals surface area contributed by atoms with Gasteiger partial charge in [0.05, 0.1) is 24.4 Å². The van der Waals surface area contributed by atoms with Gasteiger partial charge in [0, 0.05) is 5.56 Å². The summed E-state index contributed by atoms with van der Waals surface area (Å²) in [6.07, 6.45) is 5.00. The van der Waals surface area contributed by atoms with Crippen molar-refractivity contribution in [2.45, 2.75) is 26.2 Å². The highest BCUT2D eigenvalue weighted by Crippen LogP contribution is 2.22. The van der Waals surface area contributed by atoms with Crippen molar-refractivity contribution in [1.82, 2.24) is 24.6 Å². The third-order valence-electron chi connectivity index (χ3n) is 4.35. The van der Waals surface area contributed by atoms with E-state index >= 15 is 0 Å². The molecule has 0 radical (unpaired) electrons. The van der Waals surface area contributed by atoms with Crippen molar-refractivity contribution < 1.29 is 4.79 Å². The SMILES string of the molecule is CC(C)(C)c1ccc(C(=O)Nc2cn3nc(-c4cnc[nH]4)ccc3n2)cc1.Cl. The number of fused-ring (bicyclic) bond motifs is 1. The second kappa shape index (κ2) is 7.44. The molecule has 0 saturated heterocycles. The summed E-state index contributed by atoms with van der Waals surface area (Å²) in [7, 11) is 0. The molecule has 0 saturated carbocycles. The topological polar surface area (TPSA) is 88.0 Å². The van der Waals surface area contributed by atoms with Crippen molar-refractivity contribution in [1.29, 1.82) is 0 Å². The zero-order valence-corrected chi connectivity index (χ0v) is 16.6. The second-order valence-corrected chi connectivity index (χ2v) is 7.39. The van der Waals surface area contributed by atoms with Crippen molar-refractivity contribution in [3.8, 4) is 11.4 Å². The van der Waals surface area contributed by atoms with E-state index in [-0.39, 0.29) is 23.7 Å². The van der Waals surface area contributed by atoms with Gasteiger partial charge in [-0.3, -0.25) is 4.79 Å². The Bertz CT molecular complexity index is 1090. The van der Waals surface area contributed by atoms with Gasteiger partial charge in [-0.1, -0.05) is 32.9 Å². The van der Waals surface area contributed by atoms with Crippen molar-refractivity contribution >= 4 is 29.8 Å². The normalized spacial score (nSPS) is 11.2. The monoisotopic (exact) mass is 396 g/mol. The number of hydrogen-bond acceptors (Lipinski definition) is 4. The molecule has 2 N–H and O–H groups in total. The number of amides is 1. The third kappa shape index (κ3) is 3.89. The molecule has 0 aliphatic carbocycles. The first-order chi connectivity index (χ1) is 12.9. The molecule has 4 aromatic rings. The largest absolute Gasteiger partial charge is 0.343 e. The summed E-state index contributed by atoms with van der Waals surface area (Å²) in [6, 6.07) is 11.3. The van der Waals surface area contributed by atoms with Crippen molar-refractivity contribution in [3.05, 3.63) is 66.2 Å². The number of H-pyrrole nitrogens is 1. The Balaban J connectivity index is 0.00000225. The molecule has 0 atom stereocenters. The molecule has 144 valence electrons. The Morgan fingerprint density at radius 3 is 2.50 bits per heavy atom. The average Bonchev–Trinajstić information content (AvgIpc) is 3.29. The van der Waals surface area contributed by atoms with Crippen LogP contribution >= 0.6 is 12.4 Å². The predicted octanol–water partition coefficient (Wildman–Crippen LogP) is 4.09. The van der Waals surface area contributed by atoms with E-state index in [0.717, 1.165) is 11.4 Å². The molecule has 4 rings (SSSR count). The highest BCUT2D eigenvalue weighted by atomic mass is 35.5. The van der Waals surface area contributed by atoms with Gasteiger partial charge in [0.1, 0.15) is 5.69 Å². The van der Waals surface area contributed by atoms with E-state index in [1.54, 1.807) is 23.2 Å². The van der Waals surface area contributed by atoms with Crippen LogP contribution in [-0.4, -0.2) is 30.5 Å². The van der Waals surface area contributed by atoms with Gasteiger partial charge < -0.3 is 10.3 Å². The summed E-state index contributed by atoms with van der Waals surface area (Å²) in [5.41, 5.74) is 4.03. The summed E-state index contributed by atoms with van der Waals surface area (Å²) in [5, 5.41) is 7.32. The molecular weight excluding hydrogens is 376 g/mol. The molecule has 7 nitrogen and oxygen atoms in total. The summed E-state index contributed by atoms with van der Waals surface area (Å²) >= 11 is 0. The summed E-state index contributed by atoms with van der Waals surface area (Å²) in [5.74, 6) is 0.252. The van der Waals surface area contributed by atoms with Crippen LogP contribution in [0.2, 0.25) is 0 Å². The summed E-state index contributed by atoms with van der Waals surface area (Å²) in [6.45, 7) is 6.43. The zero-order valence-electron chi connectivity index (χ0n) is 15.8. The Hall–Kier alpha value is -3.19. The maximum atomic E-state index is 12.5. The number of carbonyl (C=O) groups is 1. The van der Waals surface area contributed by atoms with Crippen LogP contribution in [0.1, 0.15) is 36.7 Å². The predicted molar refractivity (Wildman–Crippen MR) is 111 cm³/mol.